The van der Waals surface area contributed by atoms with E-state index in [9.17, 15) is 22.0 Å². The monoisotopic (exact) mass is 520 g/mol. The Bertz CT molecular complexity index is 1310. The third-order valence-electron chi connectivity index (χ3n) is 5.50. The maximum absolute atomic E-state index is 12.7. The Morgan fingerprint density at radius 1 is 1.11 bits per heavy atom. The quantitative estimate of drug-likeness (QED) is 0.457. The Kier molecular flexibility index (Phi) is 7.25. The molecular weight excluding hydrogens is 494 g/mol. The van der Waals surface area contributed by atoms with E-state index in [-0.39, 0.29) is 12.4 Å². The second kappa shape index (κ2) is 10.2. The van der Waals surface area contributed by atoms with Gasteiger partial charge in [-0.15, -0.1) is 10.2 Å². The number of anilines is 1. The van der Waals surface area contributed by atoms with Crippen LogP contribution in [-0.4, -0.2) is 41.8 Å². The molecular formula is C24H26F2N4O5S. The lowest BCUT2D eigenvalue weighted by Crippen LogP contribution is -2.33. The SMILES string of the molecule is CC(C)(C)OC(=O)N1Cc2ccc(N(CCc3ccc(-c4nnc(C(F)F)o4)cc3)[SH](=O)=O)cc2C1. The molecule has 4 rings (SSSR count). The number of nitrogens with zero attached hydrogens (tertiary/aromatic N) is 4. The lowest BCUT2D eigenvalue weighted by atomic mass is 10.1. The first-order chi connectivity index (χ1) is 17.0. The van der Waals surface area contributed by atoms with E-state index in [1.165, 1.54) is 4.31 Å². The molecule has 1 aliphatic rings. The maximum Gasteiger partial charge on any atom is 0.410 e. The number of ether oxygens (including phenoxy) is 1. The van der Waals surface area contributed by atoms with Gasteiger partial charge in [-0.2, -0.15) is 8.78 Å². The van der Waals surface area contributed by atoms with Gasteiger partial charge in [-0.25, -0.2) is 13.2 Å². The molecule has 2 heterocycles. The number of carbonyl (C=O) groups is 1. The molecule has 0 unspecified atom stereocenters. The summed E-state index contributed by atoms with van der Waals surface area (Å²) in [6, 6.07) is 12.1. The summed E-state index contributed by atoms with van der Waals surface area (Å²) in [5.41, 5.74) is 3.04. The van der Waals surface area contributed by atoms with Crippen molar-refractivity contribution in [2.45, 2.75) is 52.3 Å². The second-order valence-corrected chi connectivity index (χ2v) is 10.3. The normalized spacial score (nSPS) is 13.4. The van der Waals surface area contributed by atoms with Crippen LogP contribution >= 0.6 is 0 Å². The number of thiol groups is 1. The molecule has 0 spiro atoms. The van der Waals surface area contributed by atoms with Crippen molar-refractivity contribution in [3.8, 4) is 11.5 Å². The standard InChI is InChI=1S/C24H26F2N4O5S/c1-24(2,3)35-23(31)29-13-17-8-9-19(12-18(17)14-29)30(36(32)33)11-10-15-4-6-16(7-5-15)21-27-28-22(34-21)20(25)26/h4-9,12,20,36H,10-11,13-14H2,1-3H3. The first kappa shape index (κ1) is 25.5. The molecule has 192 valence electrons. The highest BCUT2D eigenvalue weighted by Crippen LogP contribution is 2.29. The molecule has 0 aliphatic carbocycles. The van der Waals surface area contributed by atoms with Crippen LogP contribution in [0.3, 0.4) is 0 Å². The minimum Gasteiger partial charge on any atom is -0.444 e. The molecule has 0 radical (unpaired) electrons. The van der Waals surface area contributed by atoms with Crippen LogP contribution in [0.4, 0.5) is 19.3 Å². The zero-order valence-electron chi connectivity index (χ0n) is 20.0. The summed E-state index contributed by atoms with van der Waals surface area (Å²) < 4.78 is 61.1. The fourth-order valence-electron chi connectivity index (χ4n) is 3.79. The van der Waals surface area contributed by atoms with Gasteiger partial charge >= 0.3 is 12.5 Å². The number of rotatable bonds is 7. The number of amides is 1. The summed E-state index contributed by atoms with van der Waals surface area (Å²) in [5, 5.41) is 6.93. The summed E-state index contributed by atoms with van der Waals surface area (Å²) in [6.45, 7) is 6.35. The highest BCUT2D eigenvalue weighted by molar-refractivity contribution is 7.74. The Balaban J connectivity index is 1.42. The van der Waals surface area contributed by atoms with Crippen molar-refractivity contribution in [3.63, 3.8) is 0 Å². The highest BCUT2D eigenvalue weighted by atomic mass is 32.2. The number of carbonyl (C=O) groups excluding carboxylic acids is 1. The summed E-state index contributed by atoms with van der Waals surface area (Å²) in [6.07, 6.45) is -2.84. The molecule has 1 amide bonds. The van der Waals surface area contributed by atoms with Gasteiger partial charge < -0.3 is 9.15 Å². The van der Waals surface area contributed by atoms with Crippen molar-refractivity contribution in [1.82, 2.24) is 15.1 Å². The molecule has 1 aliphatic heterocycles. The average Bonchev–Trinajstić information content (AvgIpc) is 3.46. The molecule has 0 N–H and O–H groups in total. The van der Waals surface area contributed by atoms with Gasteiger partial charge in [0.05, 0.1) is 5.69 Å². The van der Waals surface area contributed by atoms with Crippen LogP contribution in [0.5, 0.6) is 0 Å². The zero-order valence-corrected chi connectivity index (χ0v) is 20.9. The number of halogens is 2. The van der Waals surface area contributed by atoms with Crippen molar-refractivity contribution >= 4 is 22.7 Å². The van der Waals surface area contributed by atoms with E-state index in [0.717, 1.165) is 16.7 Å². The minimum atomic E-state index is -2.91. The number of fused-ring (bicyclic) bond motifs is 1. The predicted molar refractivity (Wildman–Crippen MR) is 128 cm³/mol. The molecule has 0 saturated carbocycles. The van der Waals surface area contributed by atoms with E-state index in [4.69, 9.17) is 9.15 Å². The van der Waals surface area contributed by atoms with Crippen LogP contribution in [-0.2, 0) is 35.1 Å². The van der Waals surface area contributed by atoms with Gasteiger partial charge in [0, 0.05) is 25.2 Å². The van der Waals surface area contributed by atoms with E-state index in [2.05, 4.69) is 10.2 Å². The second-order valence-electron chi connectivity index (χ2n) is 9.34. The molecule has 9 nitrogen and oxygen atoms in total. The Hall–Kier alpha value is -3.54. The molecule has 0 atom stereocenters. The van der Waals surface area contributed by atoms with Crippen LogP contribution in [0, 0.1) is 0 Å². The van der Waals surface area contributed by atoms with Gasteiger partial charge in [0.2, 0.25) is 16.8 Å². The molecule has 0 saturated heterocycles. The molecule has 1 aromatic heterocycles. The maximum atomic E-state index is 12.7. The molecule has 3 aromatic rings. The smallest absolute Gasteiger partial charge is 0.410 e. The van der Waals surface area contributed by atoms with Crippen molar-refractivity contribution in [3.05, 3.63) is 65.0 Å². The average molecular weight is 521 g/mol. The topological polar surface area (TPSA) is 106 Å². The van der Waals surface area contributed by atoms with Gasteiger partial charge in [-0.05, 0) is 68.1 Å². The Labute approximate surface area is 208 Å². The third kappa shape index (κ3) is 5.99. The van der Waals surface area contributed by atoms with Gasteiger partial charge in [-0.3, -0.25) is 9.21 Å². The molecule has 0 bridgehead atoms. The van der Waals surface area contributed by atoms with E-state index in [1.54, 1.807) is 62.1 Å². The predicted octanol–water partition coefficient (Wildman–Crippen LogP) is 4.50. The summed E-state index contributed by atoms with van der Waals surface area (Å²) in [4.78, 5) is 14.0. The molecule has 2 aromatic carbocycles. The fraction of sp³-hybridized carbons (Fsp3) is 0.375. The van der Waals surface area contributed by atoms with Gasteiger partial charge in [0.15, 0.2) is 0 Å². The third-order valence-corrected chi connectivity index (χ3v) is 6.32. The van der Waals surface area contributed by atoms with Crippen LogP contribution in [0.2, 0.25) is 0 Å². The fourth-order valence-corrected chi connectivity index (χ4v) is 4.37. The first-order valence-electron chi connectivity index (χ1n) is 11.2. The number of hydrogen-bond acceptors (Lipinski definition) is 7. The van der Waals surface area contributed by atoms with E-state index >= 15 is 0 Å². The van der Waals surface area contributed by atoms with Crippen molar-refractivity contribution in [2.75, 3.05) is 10.8 Å². The lowest BCUT2D eigenvalue weighted by Gasteiger charge is -2.24. The van der Waals surface area contributed by atoms with Crippen molar-refractivity contribution < 1.29 is 31.1 Å². The number of hydrogen-bond donors (Lipinski definition) is 1. The van der Waals surface area contributed by atoms with Crippen LogP contribution < -0.4 is 4.31 Å². The highest BCUT2D eigenvalue weighted by Gasteiger charge is 2.28. The number of alkyl halides is 2. The number of benzene rings is 2. The van der Waals surface area contributed by atoms with E-state index < -0.39 is 34.9 Å². The van der Waals surface area contributed by atoms with E-state index in [1.807, 2.05) is 6.07 Å². The summed E-state index contributed by atoms with van der Waals surface area (Å²) in [7, 11) is -2.91. The summed E-state index contributed by atoms with van der Waals surface area (Å²) >= 11 is 0. The van der Waals surface area contributed by atoms with Crippen LogP contribution in [0.1, 0.15) is 49.8 Å². The Morgan fingerprint density at radius 2 is 1.81 bits per heavy atom. The van der Waals surface area contributed by atoms with Crippen molar-refractivity contribution in [1.29, 1.82) is 0 Å². The summed E-state index contributed by atoms with van der Waals surface area (Å²) in [5.74, 6) is -0.757. The van der Waals surface area contributed by atoms with Gasteiger partial charge in [-0.1, -0.05) is 18.2 Å². The molecule has 0 fully saturated rings. The zero-order chi connectivity index (χ0) is 26.0. The van der Waals surface area contributed by atoms with Gasteiger partial charge in [0.1, 0.15) is 5.60 Å². The molecule has 36 heavy (non-hydrogen) atoms. The number of aromatic nitrogens is 2. The largest absolute Gasteiger partial charge is 0.444 e. The van der Waals surface area contributed by atoms with Crippen LogP contribution in [0.25, 0.3) is 11.5 Å². The van der Waals surface area contributed by atoms with Crippen LogP contribution in [0.15, 0.2) is 46.9 Å². The first-order valence-corrected chi connectivity index (χ1v) is 12.4. The van der Waals surface area contributed by atoms with E-state index in [0.29, 0.717) is 30.8 Å². The van der Waals surface area contributed by atoms with Gasteiger partial charge in [0.25, 0.3) is 5.89 Å². The van der Waals surface area contributed by atoms with Crippen molar-refractivity contribution in [2.24, 2.45) is 0 Å². The minimum absolute atomic E-state index is 0.0142. The lowest BCUT2D eigenvalue weighted by molar-refractivity contribution is 0.0241. The molecule has 12 heteroatoms. The Morgan fingerprint density at radius 3 is 2.42 bits per heavy atom.